The van der Waals surface area contributed by atoms with Crippen LogP contribution in [0.15, 0.2) is 47.4 Å². The molecular formula is C27H30F3N5O3. The molecule has 11 heteroatoms. The molecule has 38 heavy (non-hydrogen) atoms. The quantitative estimate of drug-likeness (QED) is 0.517. The predicted octanol–water partition coefficient (Wildman–Crippen LogP) is 2.69. The van der Waals surface area contributed by atoms with Gasteiger partial charge in [0.1, 0.15) is 6.54 Å². The molecule has 1 amide bonds. The molecule has 4 rings (SSSR count). The van der Waals surface area contributed by atoms with Gasteiger partial charge in [0, 0.05) is 43.0 Å². The number of nitrogens with zero attached hydrogens (tertiary/aromatic N) is 3. The summed E-state index contributed by atoms with van der Waals surface area (Å²) >= 11 is 0. The molecule has 2 heterocycles. The standard InChI is InChI=1S/C27H30F3N5O3/c28-27(29,30)21-3-1-2-19(12-21)26(38)33-14-24(36)13-32-22-16-35(17-22)23-7-4-18(5-8-23)20-6-9-25(37)34(15-20)11-10-31/h1-3,6,9,12,15,18,22-23,32H,4-5,7-8,11,13-14,16-17H2,(H,33,38). The molecule has 2 N–H and O–H groups in total. The van der Waals surface area contributed by atoms with Crippen LogP contribution < -0.4 is 16.2 Å². The Morgan fingerprint density at radius 2 is 1.79 bits per heavy atom. The SMILES string of the molecule is N#CCn1cc(C2CCC(N3CC(NCC(=O)CNC(=O)c4cccc(C(F)(F)F)c4)C3)CC2)ccc1=O. The molecule has 0 bridgehead atoms. The van der Waals surface area contributed by atoms with E-state index in [9.17, 15) is 27.6 Å². The summed E-state index contributed by atoms with van der Waals surface area (Å²) in [4.78, 5) is 38.6. The Bertz CT molecular complexity index is 1260. The number of carbonyl (C=O) groups excluding carboxylic acids is 2. The molecule has 0 unspecified atom stereocenters. The van der Waals surface area contributed by atoms with Gasteiger partial charge in [-0.05, 0) is 55.4 Å². The fourth-order valence-electron chi connectivity index (χ4n) is 5.14. The number of alkyl halides is 3. The van der Waals surface area contributed by atoms with Crippen LogP contribution in [0.4, 0.5) is 13.2 Å². The summed E-state index contributed by atoms with van der Waals surface area (Å²) < 4.78 is 39.9. The molecule has 1 aliphatic heterocycles. The van der Waals surface area contributed by atoms with Crippen molar-refractivity contribution in [3.8, 4) is 6.07 Å². The minimum atomic E-state index is -4.54. The minimum absolute atomic E-state index is 0.0505. The van der Waals surface area contributed by atoms with E-state index in [4.69, 9.17) is 5.26 Å². The normalized spacial score (nSPS) is 20.4. The lowest BCUT2D eigenvalue weighted by Crippen LogP contribution is -2.62. The van der Waals surface area contributed by atoms with Gasteiger partial charge in [-0.1, -0.05) is 12.1 Å². The third kappa shape index (κ3) is 6.88. The number of aromatic nitrogens is 1. The molecule has 1 aliphatic carbocycles. The van der Waals surface area contributed by atoms with Gasteiger partial charge in [-0.2, -0.15) is 18.4 Å². The summed E-state index contributed by atoms with van der Waals surface area (Å²) in [6, 6.07) is 10.1. The summed E-state index contributed by atoms with van der Waals surface area (Å²) in [5, 5.41) is 14.5. The van der Waals surface area contributed by atoms with Crippen molar-refractivity contribution in [1.29, 1.82) is 5.26 Å². The summed E-state index contributed by atoms with van der Waals surface area (Å²) in [6.07, 6.45) is 1.35. The maximum absolute atomic E-state index is 12.8. The van der Waals surface area contributed by atoms with Gasteiger partial charge in [-0.25, -0.2) is 0 Å². The number of carbonyl (C=O) groups is 2. The number of ketones is 1. The fourth-order valence-corrected chi connectivity index (χ4v) is 5.14. The largest absolute Gasteiger partial charge is 0.416 e. The van der Waals surface area contributed by atoms with Crippen LogP contribution in [0, 0.1) is 11.3 Å². The first-order valence-electron chi connectivity index (χ1n) is 12.7. The molecular weight excluding hydrogens is 499 g/mol. The fraction of sp³-hybridized carbons (Fsp3) is 0.481. The van der Waals surface area contributed by atoms with Gasteiger partial charge in [-0.15, -0.1) is 0 Å². The van der Waals surface area contributed by atoms with Crippen molar-refractivity contribution in [2.45, 2.75) is 56.4 Å². The van der Waals surface area contributed by atoms with Crippen molar-refractivity contribution in [1.82, 2.24) is 20.1 Å². The zero-order valence-electron chi connectivity index (χ0n) is 20.8. The monoisotopic (exact) mass is 529 g/mol. The molecule has 1 saturated heterocycles. The van der Waals surface area contributed by atoms with E-state index >= 15 is 0 Å². The molecule has 2 aliphatic rings. The smallest absolute Gasteiger partial charge is 0.345 e. The lowest BCUT2D eigenvalue weighted by Gasteiger charge is -2.47. The van der Waals surface area contributed by atoms with Crippen LogP contribution in [0.25, 0.3) is 0 Å². The van der Waals surface area contributed by atoms with Crippen LogP contribution in [-0.4, -0.2) is 59.4 Å². The highest BCUT2D eigenvalue weighted by Crippen LogP contribution is 2.35. The Morgan fingerprint density at radius 1 is 1.05 bits per heavy atom. The summed E-state index contributed by atoms with van der Waals surface area (Å²) in [7, 11) is 0. The molecule has 1 aromatic carbocycles. The molecule has 2 fully saturated rings. The van der Waals surface area contributed by atoms with Crippen molar-refractivity contribution in [2.24, 2.45) is 0 Å². The highest BCUT2D eigenvalue weighted by Gasteiger charge is 2.35. The molecule has 8 nitrogen and oxygen atoms in total. The minimum Gasteiger partial charge on any atom is -0.345 e. The second kappa shape index (κ2) is 11.9. The first kappa shape index (κ1) is 27.5. The maximum atomic E-state index is 12.8. The number of halogens is 3. The van der Waals surface area contributed by atoms with Crippen molar-refractivity contribution in [3.05, 3.63) is 69.6 Å². The molecule has 1 saturated carbocycles. The lowest BCUT2D eigenvalue weighted by atomic mass is 9.81. The van der Waals surface area contributed by atoms with Gasteiger partial charge in [0.15, 0.2) is 5.78 Å². The van der Waals surface area contributed by atoms with Crippen LogP contribution in [0.2, 0.25) is 0 Å². The predicted molar refractivity (Wildman–Crippen MR) is 133 cm³/mol. The Morgan fingerprint density at radius 3 is 2.47 bits per heavy atom. The average Bonchev–Trinajstić information content (AvgIpc) is 2.87. The van der Waals surface area contributed by atoms with E-state index in [0.717, 1.165) is 62.5 Å². The number of nitrogens with one attached hydrogen (secondary N) is 2. The Labute approximate surface area is 218 Å². The Kier molecular flexibility index (Phi) is 8.64. The summed E-state index contributed by atoms with van der Waals surface area (Å²) in [5.41, 5.74) is -0.128. The Hall–Kier alpha value is -3.49. The highest BCUT2D eigenvalue weighted by atomic mass is 19.4. The molecule has 2 aromatic rings. The number of nitriles is 1. The number of rotatable bonds is 9. The van der Waals surface area contributed by atoms with Crippen molar-refractivity contribution in [2.75, 3.05) is 26.2 Å². The van der Waals surface area contributed by atoms with Crippen LogP contribution >= 0.6 is 0 Å². The first-order chi connectivity index (χ1) is 18.1. The number of pyridine rings is 1. The van der Waals surface area contributed by atoms with Crippen molar-refractivity contribution >= 4 is 11.7 Å². The maximum Gasteiger partial charge on any atom is 0.416 e. The van der Waals surface area contributed by atoms with E-state index in [-0.39, 0.29) is 42.6 Å². The molecule has 0 atom stereocenters. The van der Waals surface area contributed by atoms with E-state index in [1.54, 1.807) is 6.20 Å². The van der Waals surface area contributed by atoms with Crippen LogP contribution in [0.5, 0.6) is 0 Å². The number of hydrogen-bond donors (Lipinski definition) is 2. The van der Waals surface area contributed by atoms with Crippen LogP contribution in [0.1, 0.15) is 53.1 Å². The van der Waals surface area contributed by atoms with Gasteiger partial charge in [0.05, 0.1) is 24.7 Å². The lowest BCUT2D eigenvalue weighted by molar-refractivity contribution is -0.137. The van der Waals surface area contributed by atoms with E-state index < -0.39 is 17.6 Å². The third-order valence-electron chi connectivity index (χ3n) is 7.33. The topological polar surface area (TPSA) is 107 Å². The van der Waals surface area contributed by atoms with E-state index in [1.165, 1.54) is 16.7 Å². The highest BCUT2D eigenvalue weighted by molar-refractivity contribution is 5.97. The number of benzene rings is 1. The van der Waals surface area contributed by atoms with Crippen molar-refractivity contribution in [3.63, 3.8) is 0 Å². The average molecular weight is 530 g/mol. The molecule has 1 aromatic heterocycles. The van der Waals surface area contributed by atoms with Gasteiger partial charge < -0.3 is 15.2 Å². The van der Waals surface area contributed by atoms with E-state index in [2.05, 4.69) is 15.5 Å². The van der Waals surface area contributed by atoms with Gasteiger partial charge in [0.25, 0.3) is 11.5 Å². The summed E-state index contributed by atoms with van der Waals surface area (Å²) in [6.45, 7) is 1.52. The zero-order chi connectivity index (χ0) is 27.3. The number of likely N-dealkylation sites (tertiary alicyclic amines) is 1. The first-order valence-corrected chi connectivity index (χ1v) is 12.7. The second-order valence-electron chi connectivity index (χ2n) is 9.92. The van der Waals surface area contributed by atoms with Crippen molar-refractivity contribution < 1.29 is 22.8 Å². The summed E-state index contributed by atoms with van der Waals surface area (Å²) in [5.74, 6) is -0.600. The van der Waals surface area contributed by atoms with Gasteiger partial charge in [0.2, 0.25) is 0 Å². The molecule has 0 spiro atoms. The van der Waals surface area contributed by atoms with Gasteiger partial charge in [-0.3, -0.25) is 19.3 Å². The van der Waals surface area contributed by atoms with Crippen LogP contribution in [0.3, 0.4) is 0 Å². The third-order valence-corrected chi connectivity index (χ3v) is 7.33. The van der Waals surface area contributed by atoms with E-state index in [1.807, 2.05) is 12.1 Å². The molecule has 0 radical (unpaired) electrons. The second-order valence-corrected chi connectivity index (χ2v) is 9.92. The number of Topliss-reactive ketones (excluding diaryl/α,β-unsaturated/α-hetero) is 1. The number of amides is 1. The Balaban J connectivity index is 1.14. The van der Waals surface area contributed by atoms with E-state index in [0.29, 0.717) is 12.0 Å². The van der Waals surface area contributed by atoms with Crippen LogP contribution in [-0.2, 0) is 17.5 Å². The zero-order valence-corrected chi connectivity index (χ0v) is 20.8. The van der Waals surface area contributed by atoms with Gasteiger partial charge >= 0.3 is 6.18 Å². The number of hydrogen-bond acceptors (Lipinski definition) is 6. The molecule has 202 valence electrons.